The molecule has 0 bridgehead atoms. The second kappa shape index (κ2) is 5.97. The topological polar surface area (TPSA) is 78.9 Å². The number of ether oxygens (including phenoxy) is 1. The number of likely N-dealkylation sites (tertiary alicyclic amines) is 1. The van der Waals surface area contributed by atoms with Gasteiger partial charge in [-0.15, -0.1) is 0 Å². The van der Waals surface area contributed by atoms with Crippen LogP contribution in [0, 0.1) is 0 Å². The maximum absolute atomic E-state index is 11.6. The predicted octanol–water partition coefficient (Wildman–Crippen LogP) is -0.878. The van der Waals surface area contributed by atoms with Gasteiger partial charge in [-0.3, -0.25) is 4.79 Å². The highest BCUT2D eigenvalue weighted by molar-refractivity contribution is 5.80. The summed E-state index contributed by atoms with van der Waals surface area (Å²) in [6.45, 7) is 3.08. The van der Waals surface area contributed by atoms with Crippen molar-refractivity contribution in [2.45, 2.75) is 25.4 Å². The molecule has 1 atom stereocenters. The molecule has 17 heavy (non-hydrogen) atoms. The van der Waals surface area contributed by atoms with Crippen molar-refractivity contribution in [3.63, 3.8) is 0 Å². The van der Waals surface area contributed by atoms with Crippen LogP contribution in [-0.4, -0.2) is 60.8 Å². The molecule has 6 nitrogen and oxygen atoms in total. The number of carbonyl (C=O) groups is 2. The molecule has 1 rings (SSSR count). The molecule has 0 aromatic heterocycles. The van der Waals surface area contributed by atoms with Gasteiger partial charge in [-0.25, -0.2) is 4.79 Å². The van der Waals surface area contributed by atoms with Crippen LogP contribution in [0.5, 0.6) is 0 Å². The Hall–Kier alpha value is -1.14. The van der Waals surface area contributed by atoms with Crippen LogP contribution < -0.4 is 5.32 Å². The highest BCUT2D eigenvalue weighted by Gasteiger charge is 2.31. The molecule has 98 valence electrons. The van der Waals surface area contributed by atoms with Gasteiger partial charge in [-0.05, 0) is 19.8 Å². The Kier molecular flexibility index (Phi) is 4.89. The molecular formula is C11H20N2O4. The highest BCUT2D eigenvalue weighted by Crippen LogP contribution is 2.07. The molecule has 0 radical (unpaired) electrons. The molecule has 1 unspecified atom stereocenters. The van der Waals surface area contributed by atoms with E-state index in [1.165, 1.54) is 14.0 Å². The van der Waals surface area contributed by atoms with Gasteiger partial charge in [0.1, 0.15) is 0 Å². The molecule has 0 saturated carbocycles. The fraction of sp³-hybridized carbons (Fsp3) is 0.818. The van der Waals surface area contributed by atoms with Gasteiger partial charge in [0.05, 0.1) is 13.7 Å². The third-order valence-corrected chi connectivity index (χ3v) is 2.83. The maximum Gasteiger partial charge on any atom is 0.338 e. The fourth-order valence-corrected chi connectivity index (χ4v) is 1.78. The van der Waals surface area contributed by atoms with Gasteiger partial charge >= 0.3 is 5.97 Å². The lowest BCUT2D eigenvalue weighted by molar-refractivity contribution is -0.160. The zero-order chi connectivity index (χ0) is 12.9. The highest BCUT2D eigenvalue weighted by atomic mass is 16.5. The number of hydrogen-bond donors (Lipinski definition) is 2. The van der Waals surface area contributed by atoms with Gasteiger partial charge in [0, 0.05) is 19.6 Å². The molecule has 2 N–H and O–H groups in total. The zero-order valence-electron chi connectivity index (χ0n) is 10.4. The quantitative estimate of drug-likeness (QED) is 0.614. The van der Waals surface area contributed by atoms with Gasteiger partial charge < -0.3 is 20.1 Å². The number of nitrogens with zero attached hydrogens (tertiary/aromatic N) is 1. The monoisotopic (exact) mass is 244 g/mol. The van der Waals surface area contributed by atoms with Crippen molar-refractivity contribution in [3.8, 4) is 0 Å². The van der Waals surface area contributed by atoms with Crippen LogP contribution in [0.3, 0.4) is 0 Å². The molecule has 1 heterocycles. The van der Waals surface area contributed by atoms with Crippen LogP contribution in [0.1, 0.15) is 19.8 Å². The van der Waals surface area contributed by atoms with Crippen molar-refractivity contribution in [2.75, 3.05) is 33.3 Å². The van der Waals surface area contributed by atoms with Gasteiger partial charge in [0.2, 0.25) is 5.91 Å². The third-order valence-electron chi connectivity index (χ3n) is 2.83. The molecule has 0 aromatic carbocycles. The SMILES string of the molecule is COC(=O)C(C)(O)CNCC(=O)N1CCCC1. The van der Waals surface area contributed by atoms with Gasteiger partial charge in [-0.2, -0.15) is 0 Å². The molecule has 0 aromatic rings. The Morgan fingerprint density at radius 2 is 2.00 bits per heavy atom. The van der Waals surface area contributed by atoms with Crippen molar-refractivity contribution in [2.24, 2.45) is 0 Å². The van der Waals surface area contributed by atoms with E-state index in [0.29, 0.717) is 0 Å². The van der Waals surface area contributed by atoms with E-state index in [4.69, 9.17) is 0 Å². The Morgan fingerprint density at radius 3 is 2.53 bits per heavy atom. The van der Waals surface area contributed by atoms with Crippen molar-refractivity contribution in [3.05, 3.63) is 0 Å². The summed E-state index contributed by atoms with van der Waals surface area (Å²) >= 11 is 0. The van der Waals surface area contributed by atoms with E-state index < -0.39 is 11.6 Å². The van der Waals surface area contributed by atoms with Crippen LogP contribution in [0.4, 0.5) is 0 Å². The van der Waals surface area contributed by atoms with E-state index in [2.05, 4.69) is 10.1 Å². The number of aliphatic hydroxyl groups is 1. The largest absolute Gasteiger partial charge is 0.467 e. The van der Waals surface area contributed by atoms with Crippen molar-refractivity contribution < 1.29 is 19.4 Å². The Bertz CT molecular complexity index is 285. The Balaban J connectivity index is 2.27. The van der Waals surface area contributed by atoms with Crippen LogP contribution >= 0.6 is 0 Å². The first-order valence-corrected chi connectivity index (χ1v) is 5.76. The Labute approximate surface area is 101 Å². The van der Waals surface area contributed by atoms with E-state index >= 15 is 0 Å². The molecule has 1 fully saturated rings. The van der Waals surface area contributed by atoms with Crippen molar-refractivity contribution in [1.82, 2.24) is 10.2 Å². The van der Waals surface area contributed by atoms with Crippen LogP contribution in [-0.2, 0) is 14.3 Å². The summed E-state index contributed by atoms with van der Waals surface area (Å²) in [5.74, 6) is -0.707. The number of nitrogens with one attached hydrogen (secondary N) is 1. The number of amides is 1. The second-order valence-electron chi connectivity index (χ2n) is 4.46. The molecule has 1 aliphatic heterocycles. The lowest BCUT2D eigenvalue weighted by Crippen LogP contribution is -2.48. The molecule has 0 spiro atoms. The van der Waals surface area contributed by atoms with E-state index in [9.17, 15) is 14.7 Å². The summed E-state index contributed by atoms with van der Waals surface area (Å²) in [7, 11) is 1.21. The first-order valence-electron chi connectivity index (χ1n) is 5.76. The maximum atomic E-state index is 11.6. The summed E-state index contributed by atoms with van der Waals surface area (Å²) < 4.78 is 4.45. The summed E-state index contributed by atoms with van der Waals surface area (Å²) in [6, 6.07) is 0. The van der Waals surface area contributed by atoms with E-state index in [1.54, 1.807) is 4.90 Å². The van der Waals surface area contributed by atoms with E-state index in [0.717, 1.165) is 25.9 Å². The standard InChI is InChI=1S/C11H20N2O4/c1-11(16,10(15)17-2)8-12-7-9(14)13-5-3-4-6-13/h12,16H,3-8H2,1-2H3. The lowest BCUT2D eigenvalue weighted by Gasteiger charge is -2.21. The molecule has 0 aliphatic carbocycles. The zero-order valence-corrected chi connectivity index (χ0v) is 10.4. The summed E-state index contributed by atoms with van der Waals surface area (Å²) in [5.41, 5.74) is -1.60. The van der Waals surface area contributed by atoms with Crippen LogP contribution in [0.25, 0.3) is 0 Å². The molecule has 1 aliphatic rings. The smallest absolute Gasteiger partial charge is 0.338 e. The Morgan fingerprint density at radius 1 is 1.41 bits per heavy atom. The average Bonchev–Trinajstić information content (AvgIpc) is 2.80. The summed E-state index contributed by atoms with van der Waals surface area (Å²) in [4.78, 5) is 24.6. The average molecular weight is 244 g/mol. The van der Waals surface area contributed by atoms with Crippen LogP contribution in [0.15, 0.2) is 0 Å². The minimum absolute atomic E-state index is 0.000741. The minimum Gasteiger partial charge on any atom is -0.467 e. The van der Waals surface area contributed by atoms with E-state index in [1.807, 2.05) is 0 Å². The summed E-state index contributed by atoms with van der Waals surface area (Å²) in [6.07, 6.45) is 2.09. The fourth-order valence-electron chi connectivity index (χ4n) is 1.78. The predicted molar refractivity (Wildman–Crippen MR) is 61.3 cm³/mol. The first-order chi connectivity index (χ1) is 7.97. The number of rotatable bonds is 5. The normalized spacial score (nSPS) is 18.9. The number of carbonyl (C=O) groups excluding carboxylic acids is 2. The number of methoxy groups -OCH3 is 1. The molecule has 1 amide bonds. The van der Waals surface area contributed by atoms with Crippen molar-refractivity contribution in [1.29, 1.82) is 0 Å². The summed E-state index contributed by atoms with van der Waals surface area (Å²) in [5, 5.41) is 12.5. The number of esters is 1. The molecule has 6 heteroatoms. The third kappa shape index (κ3) is 3.98. The minimum atomic E-state index is -1.60. The first kappa shape index (κ1) is 13.9. The lowest BCUT2D eigenvalue weighted by atomic mass is 10.1. The van der Waals surface area contributed by atoms with Crippen LogP contribution in [0.2, 0.25) is 0 Å². The second-order valence-corrected chi connectivity index (χ2v) is 4.46. The number of hydrogen-bond acceptors (Lipinski definition) is 5. The van der Waals surface area contributed by atoms with Crippen molar-refractivity contribution >= 4 is 11.9 Å². The van der Waals surface area contributed by atoms with E-state index in [-0.39, 0.29) is 19.0 Å². The van der Waals surface area contributed by atoms with Gasteiger partial charge in [0.15, 0.2) is 5.60 Å². The van der Waals surface area contributed by atoms with Gasteiger partial charge in [-0.1, -0.05) is 0 Å². The van der Waals surface area contributed by atoms with Gasteiger partial charge in [0.25, 0.3) is 0 Å². The molecule has 1 saturated heterocycles. The molecular weight excluding hydrogens is 224 g/mol.